The average molecular weight is 379 g/mol. The van der Waals surface area contributed by atoms with Gasteiger partial charge in [-0.05, 0) is 50.8 Å². The Balaban J connectivity index is 1.53. The van der Waals surface area contributed by atoms with Crippen LogP contribution < -0.4 is 4.90 Å². The zero-order chi connectivity index (χ0) is 19.6. The number of rotatable bonds is 3. The molecule has 28 heavy (non-hydrogen) atoms. The fourth-order valence-corrected chi connectivity index (χ4v) is 4.76. The van der Waals surface area contributed by atoms with Gasteiger partial charge in [0.2, 0.25) is 5.91 Å². The van der Waals surface area contributed by atoms with Crippen molar-refractivity contribution in [3.63, 3.8) is 0 Å². The second-order valence-electron chi connectivity index (χ2n) is 8.32. The highest BCUT2D eigenvalue weighted by atomic mass is 16.2. The van der Waals surface area contributed by atoms with E-state index in [-0.39, 0.29) is 5.41 Å². The van der Waals surface area contributed by atoms with E-state index >= 15 is 0 Å². The molecule has 1 aliphatic heterocycles. The molecule has 0 unspecified atom stereocenters. The third kappa shape index (κ3) is 3.62. The molecule has 1 amide bonds. The van der Waals surface area contributed by atoms with E-state index in [0.29, 0.717) is 5.91 Å². The number of aryl methyl sites for hydroxylation is 2. The van der Waals surface area contributed by atoms with Crippen molar-refractivity contribution in [1.82, 2.24) is 15.1 Å². The van der Waals surface area contributed by atoms with Crippen molar-refractivity contribution in [2.75, 3.05) is 31.1 Å². The number of carbonyl (C=O) groups excluding carboxylic acids is 1. The first kappa shape index (κ1) is 18.9. The van der Waals surface area contributed by atoms with E-state index in [2.05, 4.69) is 51.2 Å². The van der Waals surface area contributed by atoms with Crippen LogP contribution >= 0.6 is 0 Å². The maximum atomic E-state index is 13.8. The van der Waals surface area contributed by atoms with Crippen LogP contribution in [-0.4, -0.2) is 47.2 Å². The molecule has 0 spiro atoms. The summed E-state index contributed by atoms with van der Waals surface area (Å²) in [7, 11) is 0. The first-order chi connectivity index (χ1) is 13.6. The van der Waals surface area contributed by atoms with Crippen LogP contribution in [0.25, 0.3) is 0 Å². The maximum absolute atomic E-state index is 13.8. The zero-order valence-corrected chi connectivity index (χ0v) is 17.0. The molecule has 0 N–H and O–H groups in total. The van der Waals surface area contributed by atoms with E-state index < -0.39 is 0 Å². The Morgan fingerprint density at radius 3 is 2.46 bits per heavy atom. The minimum Gasteiger partial charge on any atom is -0.353 e. The van der Waals surface area contributed by atoms with Gasteiger partial charge in [-0.25, -0.2) is 0 Å². The van der Waals surface area contributed by atoms with E-state index in [4.69, 9.17) is 0 Å². The van der Waals surface area contributed by atoms with Gasteiger partial charge in [0.25, 0.3) is 0 Å². The number of hydrogen-bond donors (Lipinski definition) is 0. The van der Waals surface area contributed by atoms with Crippen LogP contribution in [0.2, 0.25) is 0 Å². The molecule has 2 aromatic rings. The summed E-state index contributed by atoms with van der Waals surface area (Å²) in [6.45, 7) is 7.37. The largest absolute Gasteiger partial charge is 0.353 e. The summed E-state index contributed by atoms with van der Waals surface area (Å²) in [5.74, 6) is 1.24. The topological polar surface area (TPSA) is 49.3 Å². The number of hydrogen-bond acceptors (Lipinski definition) is 4. The minimum atomic E-state index is -0.329. The van der Waals surface area contributed by atoms with Crippen LogP contribution in [0.15, 0.2) is 36.4 Å². The van der Waals surface area contributed by atoms with Gasteiger partial charge in [0.05, 0.1) is 11.1 Å². The van der Waals surface area contributed by atoms with Crippen LogP contribution in [0.5, 0.6) is 0 Å². The second kappa shape index (κ2) is 7.90. The molecule has 2 heterocycles. The number of anilines is 1. The van der Waals surface area contributed by atoms with Crippen molar-refractivity contribution in [3.05, 3.63) is 53.2 Å². The van der Waals surface area contributed by atoms with Gasteiger partial charge < -0.3 is 9.80 Å². The van der Waals surface area contributed by atoms with Crippen molar-refractivity contribution in [1.29, 1.82) is 0 Å². The van der Waals surface area contributed by atoms with E-state index in [1.807, 2.05) is 19.1 Å². The maximum Gasteiger partial charge on any atom is 0.233 e. The van der Waals surface area contributed by atoms with Crippen molar-refractivity contribution in [3.8, 4) is 0 Å². The highest BCUT2D eigenvalue weighted by Gasteiger charge is 2.45. The Bertz CT molecular complexity index is 827. The molecule has 1 aromatic carbocycles. The molecule has 0 radical (unpaired) electrons. The van der Waals surface area contributed by atoms with E-state index in [1.165, 1.54) is 11.1 Å². The summed E-state index contributed by atoms with van der Waals surface area (Å²) in [6.07, 6.45) is 5.18. The number of carbonyl (C=O) groups is 1. The number of nitrogens with zero attached hydrogens (tertiary/aromatic N) is 4. The summed E-state index contributed by atoms with van der Waals surface area (Å²) in [5.41, 5.74) is 3.04. The third-order valence-electron chi connectivity index (χ3n) is 6.33. The lowest BCUT2D eigenvalue weighted by Gasteiger charge is -2.34. The number of benzene rings is 1. The Labute approximate surface area is 167 Å². The van der Waals surface area contributed by atoms with Gasteiger partial charge in [-0.15, -0.1) is 5.10 Å². The minimum absolute atomic E-state index is 0.326. The summed E-state index contributed by atoms with van der Waals surface area (Å²) < 4.78 is 0. The molecular weight excluding hydrogens is 348 g/mol. The van der Waals surface area contributed by atoms with Gasteiger partial charge in [-0.1, -0.05) is 42.7 Å². The lowest BCUT2D eigenvalue weighted by Crippen LogP contribution is -2.47. The highest BCUT2D eigenvalue weighted by Crippen LogP contribution is 2.43. The molecule has 2 aliphatic rings. The quantitative estimate of drug-likeness (QED) is 0.818. The van der Waals surface area contributed by atoms with Crippen molar-refractivity contribution in [2.45, 2.75) is 51.4 Å². The van der Waals surface area contributed by atoms with Crippen LogP contribution in [-0.2, 0) is 10.2 Å². The second-order valence-corrected chi connectivity index (χ2v) is 8.32. The van der Waals surface area contributed by atoms with Crippen molar-refractivity contribution >= 4 is 11.7 Å². The molecule has 1 saturated carbocycles. The number of aromatic nitrogens is 2. The van der Waals surface area contributed by atoms with Crippen LogP contribution in [0.1, 0.15) is 48.9 Å². The molecule has 4 rings (SSSR count). The van der Waals surface area contributed by atoms with Gasteiger partial charge in [0.15, 0.2) is 5.82 Å². The molecule has 1 aromatic heterocycles. The van der Waals surface area contributed by atoms with Crippen LogP contribution in [0, 0.1) is 13.8 Å². The molecular formula is C23H30N4O. The van der Waals surface area contributed by atoms with Crippen molar-refractivity contribution in [2.24, 2.45) is 0 Å². The smallest absolute Gasteiger partial charge is 0.233 e. The zero-order valence-electron chi connectivity index (χ0n) is 17.0. The first-order valence-electron chi connectivity index (χ1n) is 10.5. The molecule has 0 bridgehead atoms. The lowest BCUT2D eigenvalue weighted by molar-refractivity contribution is -0.137. The molecule has 5 heteroatoms. The lowest BCUT2D eigenvalue weighted by atomic mass is 9.77. The Morgan fingerprint density at radius 1 is 0.929 bits per heavy atom. The van der Waals surface area contributed by atoms with E-state index in [9.17, 15) is 4.79 Å². The predicted octanol–water partition coefficient (Wildman–Crippen LogP) is 3.64. The molecule has 5 nitrogen and oxygen atoms in total. The van der Waals surface area contributed by atoms with Crippen LogP contribution in [0.3, 0.4) is 0 Å². The highest BCUT2D eigenvalue weighted by molar-refractivity contribution is 5.89. The normalized spacial score (nSPS) is 19.5. The fourth-order valence-electron chi connectivity index (χ4n) is 4.76. The fraction of sp³-hybridized carbons (Fsp3) is 0.522. The van der Waals surface area contributed by atoms with Gasteiger partial charge in [-0.3, -0.25) is 4.79 Å². The molecule has 148 valence electrons. The van der Waals surface area contributed by atoms with Gasteiger partial charge in [0.1, 0.15) is 0 Å². The van der Waals surface area contributed by atoms with Gasteiger partial charge >= 0.3 is 0 Å². The van der Waals surface area contributed by atoms with Crippen LogP contribution in [0.4, 0.5) is 5.82 Å². The van der Waals surface area contributed by atoms with Gasteiger partial charge in [-0.2, -0.15) is 5.10 Å². The molecule has 0 atom stereocenters. The van der Waals surface area contributed by atoms with E-state index in [1.54, 1.807) is 0 Å². The summed E-state index contributed by atoms with van der Waals surface area (Å²) >= 11 is 0. The Kier molecular flexibility index (Phi) is 5.33. The summed E-state index contributed by atoms with van der Waals surface area (Å²) in [4.78, 5) is 18.1. The molecule has 1 saturated heterocycles. The molecule has 1 aliphatic carbocycles. The molecule has 2 fully saturated rings. The SMILES string of the molecule is Cc1cccc(C2(C(=O)N3CCCN(c4ccc(C)nn4)CC3)CCCC2)c1. The summed E-state index contributed by atoms with van der Waals surface area (Å²) in [6, 6.07) is 12.6. The van der Waals surface area contributed by atoms with Gasteiger partial charge in [0, 0.05) is 26.2 Å². The Hall–Kier alpha value is -2.43. The third-order valence-corrected chi connectivity index (χ3v) is 6.33. The van der Waals surface area contributed by atoms with E-state index in [0.717, 1.165) is 69.8 Å². The predicted molar refractivity (Wildman–Crippen MR) is 112 cm³/mol. The monoisotopic (exact) mass is 378 g/mol. The summed E-state index contributed by atoms with van der Waals surface area (Å²) in [5, 5.41) is 8.52. The standard InChI is InChI=1S/C23H30N4O/c1-18-7-5-8-20(17-18)23(11-3-4-12-23)22(28)27-14-6-13-26(15-16-27)21-10-9-19(2)24-25-21/h5,7-10,17H,3-4,6,11-16H2,1-2H3. The van der Waals surface area contributed by atoms with Crippen molar-refractivity contribution < 1.29 is 4.79 Å². The average Bonchev–Trinajstić information content (AvgIpc) is 3.08. The Morgan fingerprint density at radius 2 is 1.75 bits per heavy atom. The number of amides is 1. The first-order valence-corrected chi connectivity index (χ1v) is 10.5.